The Bertz CT molecular complexity index is 715. The predicted molar refractivity (Wildman–Crippen MR) is 121 cm³/mol. The summed E-state index contributed by atoms with van der Waals surface area (Å²) >= 11 is 0. The number of hydrogen-bond acceptors (Lipinski definition) is 5. The van der Waals surface area contributed by atoms with Crippen molar-refractivity contribution >= 4 is 23.1 Å². The molecule has 1 saturated carbocycles. The molecule has 3 rings (SSSR count). The van der Waals surface area contributed by atoms with Crippen LogP contribution in [0.15, 0.2) is 24.3 Å². The molecule has 1 fully saturated rings. The van der Waals surface area contributed by atoms with E-state index in [4.69, 9.17) is 9.97 Å². The molecule has 0 saturated heterocycles. The lowest BCUT2D eigenvalue weighted by atomic mass is 9.86. The maximum absolute atomic E-state index is 9.29. The van der Waals surface area contributed by atoms with Crippen molar-refractivity contribution < 1.29 is 4.79 Å². The van der Waals surface area contributed by atoms with Gasteiger partial charge in [-0.05, 0) is 51.4 Å². The number of carbonyl (C=O) groups is 1. The van der Waals surface area contributed by atoms with Gasteiger partial charge in [-0.25, -0.2) is 9.97 Å². The number of nitrogens with one attached hydrogen (secondary N) is 3. The number of benzene rings is 1. The second-order valence-electron chi connectivity index (χ2n) is 7.61. The first-order valence-electron chi connectivity index (χ1n) is 11.1. The SMILES string of the molecule is CCNC=O.CNCCCNc1nc(CCC2CCCCC2)nc2ccccc12. The number of para-hydroxylation sites is 1. The summed E-state index contributed by atoms with van der Waals surface area (Å²) in [4.78, 5) is 18.9. The van der Waals surface area contributed by atoms with Gasteiger partial charge in [0.05, 0.1) is 5.52 Å². The van der Waals surface area contributed by atoms with Crippen molar-refractivity contribution in [1.29, 1.82) is 0 Å². The van der Waals surface area contributed by atoms with Crippen molar-refractivity contribution in [1.82, 2.24) is 20.6 Å². The maximum atomic E-state index is 9.29. The van der Waals surface area contributed by atoms with Gasteiger partial charge in [0.15, 0.2) is 0 Å². The van der Waals surface area contributed by atoms with Crippen LogP contribution in [0.2, 0.25) is 0 Å². The van der Waals surface area contributed by atoms with E-state index in [1.54, 1.807) is 0 Å². The number of rotatable bonds is 10. The summed E-state index contributed by atoms with van der Waals surface area (Å²) in [5.41, 5.74) is 1.06. The molecule has 1 amide bonds. The number of amides is 1. The van der Waals surface area contributed by atoms with Gasteiger partial charge in [-0.3, -0.25) is 4.79 Å². The molecule has 0 atom stereocenters. The summed E-state index contributed by atoms with van der Waals surface area (Å²) < 4.78 is 0. The highest BCUT2D eigenvalue weighted by atomic mass is 16.1. The fourth-order valence-corrected chi connectivity index (χ4v) is 3.74. The van der Waals surface area contributed by atoms with Gasteiger partial charge in [0.2, 0.25) is 6.41 Å². The molecule has 1 aromatic heterocycles. The zero-order chi connectivity index (χ0) is 20.7. The molecule has 6 heteroatoms. The summed E-state index contributed by atoms with van der Waals surface area (Å²) in [6.45, 7) is 4.55. The van der Waals surface area contributed by atoms with Crippen molar-refractivity contribution in [2.24, 2.45) is 5.92 Å². The summed E-state index contributed by atoms with van der Waals surface area (Å²) in [5, 5.41) is 10.3. The highest BCUT2D eigenvalue weighted by Gasteiger charge is 2.14. The van der Waals surface area contributed by atoms with Crippen molar-refractivity contribution in [3.8, 4) is 0 Å². The molecule has 0 bridgehead atoms. The third-order valence-electron chi connectivity index (χ3n) is 5.33. The predicted octanol–water partition coefficient (Wildman–Crippen LogP) is 3.92. The Morgan fingerprint density at radius 1 is 1.10 bits per heavy atom. The van der Waals surface area contributed by atoms with Crippen molar-refractivity contribution in [3.05, 3.63) is 30.1 Å². The van der Waals surface area contributed by atoms with Gasteiger partial charge in [-0.15, -0.1) is 0 Å². The van der Waals surface area contributed by atoms with Crippen LogP contribution >= 0.6 is 0 Å². The molecule has 1 aliphatic carbocycles. The third-order valence-corrected chi connectivity index (χ3v) is 5.33. The lowest BCUT2D eigenvalue weighted by Crippen LogP contribution is -2.14. The zero-order valence-electron chi connectivity index (χ0n) is 18.0. The van der Waals surface area contributed by atoms with Crippen LogP contribution in [0.1, 0.15) is 57.7 Å². The molecular formula is C23H37N5O. The lowest BCUT2D eigenvalue weighted by molar-refractivity contribution is -0.109. The minimum absolute atomic E-state index is 0.681. The average molecular weight is 400 g/mol. The Morgan fingerprint density at radius 3 is 2.59 bits per heavy atom. The second-order valence-corrected chi connectivity index (χ2v) is 7.61. The summed E-state index contributed by atoms with van der Waals surface area (Å²) in [6, 6.07) is 8.33. The van der Waals surface area contributed by atoms with Crippen LogP contribution in [-0.2, 0) is 11.2 Å². The Hall–Kier alpha value is -2.21. The smallest absolute Gasteiger partial charge is 0.207 e. The van der Waals surface area contributed by atoms with Gasteiger partial charge in [-0.1, -0.05) is 44.2 Å². The van der Waals surface area contributed by atoms with E-state index in [9.17, 15) is 4.79 Å². The van der Waals surface area contributed by atoms with Crippen molar-refractivity contribution in [2.45, 2.75) is 58.3 Å². The minimum atomic E-state index is 0.681. The van der Waals surface area contributed by atoms with E-state index in [1.807, 2.05) is 14.0 Å². The lowest BCUT2D eigenvalue weighted by Gasteiger charge is -2.21. The molecule has 160 valence electrons. The first-order valence-corrected chi connectivity index (χ1v) is 11.1. The molecule has 6 nitrogen and oxygen atoms in total. The first kappa shape index (κ1) is 23.1. The van der Waals surface area contributed by atoms with Gasteiger partial charge < -0.3 is 16.0 Å². The first-order chi connectivity index (χ1) is 14.3. The standard InChI is InChI=1S/C20H30N4.C3H7NO/c1-21-14-7-15-22-20-17-10-5-6-11-18(17)23-19(24-20)13-12-16-8-3-2-4-9-16;1-2-4-3-5/h5-6,10-11,16,21H,2-4,7-9,12-15H2,1H3,(H,22,23,24);3H,2H2,1H3,(H,4,5). The van der Waals surface area contributed by atoms with Gasteiger partial charge in [0.25, 0.3) is 0 Å². The van der Waals surface area contributed by atoms with Gasteiger partial charge in [0.1, 0.15) is 11.6 Å². The number of aromatic nitrogens is 2. The molecule has 3 N–H and O–H groups in total. The van der Waals surface area contributed by atoms with E-state index in [2.05, 4.69) is 40.2 Å². The quantitative estimate of drug-likeness (QED) is 0.417. The molecule has 0 spiro atoms. The summed E-state index contributed by atoms with van der Waals surface area (Å²) in [5.74, 6) is 2.87. The molecular weight excluding hydrogens is 362 g/mol. The van der Waals surface area contributed by atoms with Crippen LogP contribution in [0.25, 0.3) is 10.9 Å². The molecule has 1 aliphatic rings. The van der Waals surface area contributed by atoms with Crippen LogP contribution in [0.3, 0.4) is 0 Å². The van der Waals surface area contributed by atoms with Crippen molar-refractivity contribution in [2.75, 3.05) is 32.0 Å². The Balaban J connectivity index is 0.000000537. The third kappa shape index (κ3) is 8.36. The average Bonchev–Trinajstić information content (AvgIpc) is 2.77. The number of anilines is 1. The topological polar surface area (TPSA) is 78.9 Å². The Labute approximate surface area is 175 Å². The monoisotopic (exact) mass is 399 g/mol. The Kier molecular flexibility index (Phi) is 11.0. The number of aryl methyl sites for hydroxylation is 1. The molecule has 0 radical (unpaired) electrons. The zero-order valence-corrected chi connectivity index (χ0v) is 18.0. The van der Waals surface area contributed by atoms with Crippen LogP contribution < -0.4 is 16.0 Å². The van der Waals surface area contributed by atoms with E-state index in [0.29, 0.717) is 6.41 Å². The summed E-state index contributed by atoms with van der Waals surface area (Å²) in [7, 11) is 1.99. The minimum Gasteiger partial charge on any atom is -0.369 e. The maximum Gasteiger partial charge on any atom is 0.207 e. The fourth-order valence-electron chi connectivity index (χ4n) is 3.74. The molecule has 1 aromatic carbocycles. The highest BCUT2D eigenvalue weighted by molar-refractivity contribution is 5.88. The largest absolute Gasteiger partial charge is 0.369 e. The van der Waals surface area contributed by atoms with E-state index in [1.165, 1.54) is 38.5 Å². The Morgan fingerprint density at radius 2 is 1.90 bits per heavy atom. The van der Waals surface area contributed by atoms with Crippen LogP contribution in [0, 0.1) is 5.92 Å². The number of hydrogen-bond donors (Lipinski definition) is 3. The van der Waals surface area contributed by atoms with Gasteiger partial charge in [0, 0.05) is 24.9 Å². The second kappa shape index (κ2) is 13.9. The number of nitrogens with zero attached hydrogens (tertiary/aromatic N) is 2. The molecule has 1 heterocycles. The van der Waals surface area contributed by atoms with Gasteiger partial charge in [-0.2, -0.15) is 0 Å². The van der Waals surface area contributed by atoms with Gasteiger partial charge >= 0.3 is 0 Å². The normalized spacial score (nSPS) is 14.1. The molecule has 29 heavy (non-hydrogen) atoms. The van der Waals surface area contributed by atoms with E-state index in [0.717, 1.165) is 60.9 Å². The fraction of sp³-hybridized carbons (Fsp3) is 0.609. The van der Waals surface area contributed by atoms with Crippen LogP contribution in [-0.4, -0.2) is 43.1 Å². The number of carbonyl (C=O) groups excluding carboxylic acids is 1. The summed E-state index contributed by atoms with van der Waals surface area (Å²) in [6.07, 6.45) is 11.0. The highest BCUT2D eigenvalue weighted by Crippen LogP contribution is 2.28. The molecule has 2 aromatic rings. The number of fused-ring (bicyclic) bond motifs is 1. The van der Waals surface area contributed by atoms with E-state index in [-0.39, 0.29) is 0 Å². The molecule has 0 unspecified atom stereocenters. The van der Waals surface area contributed by atoms with Crippen LogP contribution in [0.5, 0.6) is 0 Å². The van der Waals surface area contributed by atoms with Crippen molar-refractivity contribution in [3.63, 3.8) is 0 Å². The van der Waals surface area contributed by atoms with Crippen LogP contribution in [0.4, 0.5) is 5.82 Å². The molecule has 0 aliphatic heterocycles. The van der Waals surface area contributed by atoms with E-state index < -0.39 is 0 Å². The van der Waals surface area contributed by atoms with E-state index >= 15 is 0 Å².